The predicted octanol–water partition coefficient (Wildman–Crippen LogP) is 2.30. The van der Waals surface area contributed by atoms with E-state index in [1.807, 2.05) is 16.9 Å². The number of carbonyl (C=O) groups is 1. The van der Waals surface area contributed by atoms with Crippen LogP contribution in [0.5, 0.6) is 0 Å². The Labute approximate surface area is 153 Å². The van der Waals surface area contributed by atoms with Gasteiger partial charge in [-0.25, -0.2) is 0 Å². The van der Waals surface area contributed by atoms with Gasteiger partial charge in [-0.05, 0) is 48.9 Å². The summed E-state index contributed by atoms with van der Waals surface area (Å²) in [5, 5.41) is 11.1. The van der Waals surface area contributed by atoms with Crippen LogP contribution >= 0.6 is 12.4 Å². The number of piperidine rings is 1. The zero-order chi connectivity index (χ0) is 16.1. The molecule has 1 amide bonds. The molecule has 5 nitrogen and oxygen atoms in total. The molecule has 132 valence electrons. The number of hydrogen-bond acceptors (Lipinski definition) is 3. The number of rotatable bonds is 3. The first-order chi connectivity index (χ1) is 11.8. The molecular formula is C19H23ClN4O. The molecule has 0 radical (unpaired) electrons. The van der Waals surface area contributed by atoms with Crippen molar-refractivity contribution in [1.29, 1.82) is 0 Å². The fourth-order valence-corrected chi connectivity index (χ4v) is 4.49. The third-order valence-corrected chi connectivity index (χ3v) is 5.82. The van der Waals surface area contributed by atoms with Gasteiger partial charge >= 0.3 is 0 Å². The van der Waals surface area contributed by atoms with Gasteiger partial charge in [-0.15, -0.1) is 12.4 Å². The van der Waals surface area contributed by atoms with E-state index in [-0.39, 0.29) is 24.4 Å². The second-order valence-electron chi connectivity index (χ2n) is 7.27. The Balaban J connectivity index is 0.00000157. The maximum Gasteiger partial charge on any atom is 0.272 e. The summed E-state index contributed by atoms with van der Waals surface area (Å²) in [5.41, 5.74) is 3.41. The smallest absolute Gasteiger partial charge is 0.272 e. The van der Waals surface area contributed by atoms with Gasteiger partial charge in [-0.3, -0.25) is 9.48 Å². The summed E-state index contributed by atoms with van der Waals surface area (Å²) in [6.45, 7) is 2.02. The van der Waals surface area contributed by atoms with E-state index in [0.29, 0.717) is 23.6 Å². The van der Waals surface area contributed by atoms with Crippen molar-refractivity contribution in [3.8, 4) is 0 Å². The van der Waals surface area contributed by atoms with Gasteiger partial charge in [0.05, 0.1) is 6.04 Å². The zero-order valence-electron chi connectivity index (χ0n) is 14.0. The number of nitrogens with zero attached hydrogens (tertiary/aromatic N) is 2. The number of hydrogen-bond donors (Lipinski definition) is 2. The lowest BCUT2D eigenvalue weighted by Crippen LogP contribution is -2.32. The number of nitrogens with one attached hydrogen (secondary N) is 2. The number of halogens is 1. The maximum atomic E-state index is 12.5. The van der Waals surface area contributed by atoms with Crippen LogP contribution in [0, 0.1) is 5.92 Å². The minimum absolute atomic E-state index is 0. The van der Waals surface area contributed by atoms with Crippen LogP contribution in [0.3, 0.4) is 0 Å². The minimum Gasteiger partial charge on any atom is -0.347 e. The Bertz CT molecular complexity index is 783. The molecule has 2 N–H and O–H groups in total. The van der Waals surface area contributed by atoms with E-state index < -0.39 is 0 Å². The van der Waals surface area contributed by atoms with Crippen LogP contribution in [0.2, 0.25) is 0 Å². The maximum absolute atomic E-state index is 12.5. The Morgan fingerprint density at radius 3 is 3.00 bits per heavy atom. The average Bonchev–Trinajstić information content (AvgIpc) is 3.02. The van der Waals surface area contributed by atoms with Crippen molar-refractivity contribution in [1.82, 2.24) is 20.4 Å². The molecule has 2 fully saturated rings. The second-order valence-corrected chi connectivity index (χ2v) is 7.27. The van der Waals surface area contributed by atoms with Crippen molar-refractivity contribution >= 4 is 18.3 Å². The van der Waals surface area contributed by atoms with Crippen molar-refractivity contribution in [3.63, 3.8) is 0 Å². The molecule has 3 aliphatic rings. The molecule has 2 aromatic rings. The molecule has 1 aromatic heterocycles. The van der Waals surface area contributed by atoms with E-state index in [9.17, 15) is 4.79 Å². The van der Waals surface area contributed by atoms with Crippen LogP contribution in [0.15, 0.2) is 36.5 Å². The largest absolute Gasteiger partial charge is 0.347 e. The Kier molecular flexibility index (Phi) is 4.29. The van der Waals surface area contributed by atoms with Crippen LogP contribution in [0.1, 0.15) is 46.4 Å². The summed E-state index contributed by atoms with van der Waals surface area (Å²) in [6.07, 6.45) is 5.32. The molecule has 0 spiro atoms. The fourth-order valence-electron chi connectivity index (χ4n) is 4.49. The van der Waals surface area contributed by atoms with E-state index in [4.69, 9.17) is 0 Å². The minimum atomic E-state index is -0.0330. The molecule has 6 heteroatoms. The number of fused-ring (bicyclic) bond motifs is 3. The molecule has 2 aliphatic carbocycles. The summed E-state index contributed by atoms with van der Waals surface area (Å²) in [4.78, 5) is 12.5. The van der Waals surface area contributed by atoms with Gasteiger partial charge in [0.15, 0.2) is 0 Å². The zero-order valence-corrected chi connectivity index (χ0v) is 14.8. The number of carbonyl (C=O) groups excluding carboxylic acids is 1. The van der Waals surface area contributed by atoms with E-state index in [2.05, 4.69) is 40.0 Å². The first kappa shape index (κ1) is 16.6. The summed E-state index contributed by atoms with van der Waals surface area (Å²) >= 11 is 0. The topological polar surface area (TPSA) is 59.0 Å². The van der Waals surface area contributed by atoms with Gasteiger partial charge in [0.25, 0.3) is 5.91 Å². The lowest BCUT2D eigenvalue weighted by atomic mass is 10.1. The van der Waals surface area contributed by atoms with Crippen molar-refractivity contribution in [2.24, 2.45) is 5.92 Å². The molecule has 5 rings (SSSR count). The highest BCUT2D eigenvalue weighted by atomic mass is 35.5. The van der Waals surface area contributed by atoms with Crippen molar-refractivity contribution in [2.75, 3.05) is 13.1 Å². The standard InChI is InChI=1S/C19H22N4O.ClH/c24-19(16-7-9-23(22-16)13-5-3-8-20-11-13)21-18-15-10-12-4-1-2-6-14(12)17(15)18;/h1-2,4,6-7,9,13,15,17-18,20H,3,5,8,10-11H2,(H,21,24);1H. The van der Waals surface area contributed by atoms with Gasteiger partial charge in [0.1, 0.15) is 5.69 Å². The number of amides is 1. The molecule has 2 heterocycles. The summed E-state index contributed by atoms with van der Waals surface area (Å²) in [5.74, 6) is 1.06. The molecule has 1 saturated heterocycles. The molecule has 0 bridgehead atoms. The highest BCUT2D eigenvalue weighted by molar-refractivity contribution is 5.92. The molecule has 25 heavy (non-hydrogen) atoms. The molecular weight excluding hydrogens is 336 g/mol. The molecule has 4 unspecified atom stereocenters. The third kappa shape index (κ3) is 2.85. The van der Waals surface area contributed by atoms with Crippen LogP contribution in [-0.4, -0.2) is 34.8 Å². The van der Waals surface area contributed by atoms with E-state index in [1.165, 1.54) is 11.1 Å². The van der Waals surface area contributed by atoms with Crippen LogP contribution < -0.4 is 10.6 Å². The summed E-state index contributed by atoms with van der Waals surface area (Å²) in [7, 11) is 0. The second kappa shape index (κ2) is 6.46. The lowest BCUT2D eigenvalue weighted by Gasteiger charge is -2.22. The first-order valence-corrected chi connectivity index (χ1v) is 8.96. The van der Waals surface area contributed by atoms with Crippen molar-refractivity contribution in [2.45, 2.75) is 37.3 Å². The van der Waals surface area contributed by atoms with Crippen molar-refractivity contribution in [3.05, 3.63) is 53.3 Å². The van der Waals surface area contributed by atoms with Crippen LogP contribution in [0.25, 0.3) is 0 Å². The summed E-state index contributed by atoms with van der Waals surface area (Å²) in [6, 6.07) is 11.1. The van der Waals surface area contributed by atoms with Gasteiger partial charge in [-0.2, -0.15) is 5.10 Å². The normalized spacial score (nSPS) is 29.3. The predicted molar refractivity (Wildman–Crippen MR) is 98.2 cm³/mol. The van der Waals surface area contributed by atoms with Gasteiger partial charge in [0, 0.05) is 24.7 Å². The quantitative estimate of drug-likeness (QED) is 0.885. The van der Waals surface area contributed by atoms with Crippen molar-refractivity contribution < 1.29 is 4.79 Å². The lowest BCUT2D eigenvalue weighted by molar-refractivity contribution is 0.0941. The van der Waals surface area contributed by atoms with E-state index in [1.54, 1.807) is 0 Å². The molecule has 1 saturated carbocycles. The third-order valence-electron chi connectivity index (χ3n) is 5.82. The molecule has 1 aliphatic heterocycles. The van der Waals surface area contributed by atoms with Crippen LogP contribution in [-0.2, 0) is 6.42 Å². The molecule has 4 atom stereocenters. The highest BCUT2D eigenvalue weighted by Gasteiger charge is 2.56. The Hall–Kier alpha value is -1.85. The monoisotopic (exact) mass is 358 g/mol. The van der Waals surface area contributed by atoms with Gasteiger partial charge < -0.3 is 10.6 Å². The van der Waals surface area contributed by atoms with E-state index in [0.717, 1.165) is 32.4 Å². The fraction of sp³-hybridized carbons (Fsp3) is 0.474. The van der Waals surface area contributed by atoms with Gasteiger partial charge in [0.2, 0.25) is 0 Å². The summed E-state index contributed by atoms with van der Waals surface area (Å²) < 4.78 is 1.95. The molecule has 1 aromatic carbocycles. The number of aromatic nitrogens is 2. The number of benzene rings is 1. The van der Waals surface area contributed by atoms with E-state index >= 15 is 0 Å². The van der Waals surface area contributed by atoms with Crippen LogP contribution in [0.4, 0.5) is 0 Å². The SMILES string of the molecule is Cl.O=C(NC1C2Cc3ccccc3C21)c1ccn(C2CCCNC2)n1. The first-order valence-electron chi connectivity index (χ1n) is 8.96. The Morgan fingerprint density at radius 1 is 1.28 bits per heavy atom. The average molecular weight is 359 g/mol. The Morgan fingerprint density at radius 2 is 2.16 bits per heavy atom. The van der Waals surface area contributed by atoms with Gasteiger partial charge in [-0.1, -0.05) is 24.3 Å². The highest BCUT2D eigenvalue weighted by Crippen LogP contribution is 2.56.